The van der Waals surface area contributed by atoms with E-state index >= 15 is 0 Å². The van der Waals surface area contributed by atoms with Crippen LogP contribution in [0.4, 0.5) is 20.6 Å². The number of fused-ring (bicyclic) bond motifs is 2. The van der Waals surface area contributed by atoms with Crippen molar-refractivity contribution in [2.45, 2.75) is 32.4 Å². The topological polar surface area (TPSA) is 87.9 Å². The Balaban J connectivity index is 1.46. The molecule has 3 unspecified atom stereocenters. The van der Waals surface area contributed by atoms with Crippen LogP contribution < -0.4 is 20.9 Å². The number of carbonyl (C=O) groups excluding carboxylic acids is 2. The molecule has 0 radical (unpaired) electrons. The summed E-state index contributed by atoms with van der Waals surface area (Å²) < 4.78 is 20.1. The van der Waals surface area contributed by atoms with Crippen LogP contribution in [0.3, 0.4) is 0 Å². The van der Waals surface area contributed by atoms with Crippen LogP contribution in [0.1, 0.15) is 20.3 Å². The number of anilines is 2. The number of cyclic esters (lactones) is 1. The molecule has 2 amide bonds. The maximum atomic E-state index is 14.8. The van der Waals surface area contributed by atoms with Gasteiger partial charge in [-0.1, -0.05) is 6.92 Å². The van der Waals surface area contributed by atoms with Crippen LogP contribution in [0.2, 0.25) is 0 Å². The van der Waals surface area contributed by atoms with Gasteiger partial charge in [-0.2, -0.15) is 0 Å². The van der Waals surface area contributed by atoms with Gasteiger partial charge in [0, 0.05) is 31.5 Å². The van der Waals surface area contributed by atoms with Crippen LogP contribution in [0.25, 0.3) is 0 Å². The molecule has 0 aromatic heterocycles. The quantitative estimate of drug-likeness (QED) is 0.831. The van der Waals surface area contributed by atoms with Crippen LogP contribution in [0.5, 0.6) is 0 Å². The number of halogens is 1. The first-order valence-electron chi connectivity index (χ1n) is 9.29. The van der Waals surface area contributed by atoms with E-state index < -0.39 is 12.2 Å². The molecule has 3 N–H and O–H groups in total. The fourth-order valence-corrected chi connectivity index (χ4v) is 4.60. The number of nitrogens with two attached hydrogens (primary N) is 1. The molecule has 5 rings (SSSR count). The van der Waals surface area contributed by atoms with E-state index in [4.69, 9.17) is 10.5 Å². The Morgan fingerprint density at radius 1 is 1.44 bits per heavy atom. The van der Waals surface area contributed by atoms with Gasteiger partial charge in [-0.15, -0.1) is 0 Å². The molecule has 8 heteroatoms. The smallest absolute Gasteiger partial charge is 0.414 e. The van der Waals surface area contributed by atoms with E-state index in [9.17, 15) is 14.0 Å². The van der Waals surface area contributed by atoms with Crippen molar-refractivity contribution in [3.63, 3.8) is 0 Å². The van der Waals surface area contributed by atoms with Gasteiger partial charge >= 0.3 is 6.09 Å². The Morgan fingerprint density at radius 3 is 2.85 bits per heavy atom. The summed E-state index contributed by atoms with van der Waals surface area (Å²) in [6.45, 7) is 5.58. The van der Waals surface area contributed by atoms with E-state index in [1.165, 1.54) is 17.9 Å². The van der Waals surface area contributed by atoms with Crippen LogP contribution in [-0.4, -0.2) is 50.3 Å². The minimum absolute atomic E-state index is 0.0454. The van der Waals surface area contributed by atoms with E-state index in [2.05, 4.69) is 17.1 Å². The van der Waals surface area contributed by atoms with Crippen molar-refractivity contribution in [3.05, 3.63) is 24.0 Å². The van der Waals surface area contributed by atoms with Crippen LogP contribution in [-0.2, 0) is 9.53 Å². The van der Waals surface area contributed by atoms with E-state index in [1.54, 1.807) is 12.1 Å². The Labute approximate surface area is 157 Å². The number of benzene rings is 1. The molecule has 3 saturated heterocycles. The molecule has 4 fully saturated rings. The Bertz CT molecular complexity index is 788. The molecule has 3 heterocycles. The molecule has 1 saturated carbocycles. The standard InChI is InChI=1S/C19H25FN4O3/c1-11(25)22-7-14-9-24(18(26)27-14)13-3-4-16(15(20)5-13)23-8-12-6-19(2,10-23)17(12)21/h3-5,12,14,17H,6-10,21H2,1-2H3,(H,22,25)/t12?,14-,17?,19?/m0/s1. The van der Waals surface area contributed by atoms with Gasteiger partial charge in [0.1, 0.15) is 11.9 Å². The normalized spacial score (nSPS) is 32.1. The molecule has 7 nitrogen and oxygen atoms in total. The van der Waals surface area contributed by atoms with Crippen molar-refractivity contribution in [2.75, 3.05) is 36.0 Å². The fourth-order valence-electron chi connectivity index (χ4n) is 4.60. The highest BCUT2D eigenvalue weighted by Crippen LogP contribution is 2.50. The molecule has 3 aliphatic heterocycles. The van der Waals surface area contributed by atoms with Crippen molar-refractivity contribution in [3.8, 4) is 0 Å². The third kappa shape index (κ3) is 3.12. The predicted molar refractivity (Wildman–Crippen MR) is 99.1 cm³/mol. The van der Waals surface area contributed by atoms with Crippen molar-refractivity contribution in [1.29, 1.82) is 0 Å². The van der Waals surface area contributed by atoms with Gasteiger partial charge in [0.2, 0.25) is 5.91 Å². The summed E-state index contributed by atoms with van der Waals surface area (Å²) in [5.41, 5.74) is 7.26. The van der Waals surface area contributed by atoms with Gasteiger partial charge in [-0.05, 0) is 30.5 Å². The third-order valence-corrected chi connectivity index (χ3v) is 6.08. The zero-order chi connectivity index (χ0) is 19.3. The number of ether oxygens (including phenoxy) is 1. The first-order chi connectivity index (χ1) is 12.8. The lowest BCUT2D eigenvalue weighted by Gasteiger charge is -2.60. The number of hydrogen-bond donors (Lipinski definition) is 2. The summed E-state index contributed by atoms with van der Waals surface area (Å²) in [5, 5.41) is 2.63. The molecule has 4 atom stereocenters. The van der Waals surface area contributed by atoms with E-state index in [-0.39, 0.29) is 36.3 Å². The predicted octanol–water partition coefficient (Wildman–Crippen LogP) is 1.46. The number of hydrogen-bond acceptors (Lipinski definition) is 5. The summed E-state index contributed by atoms with van der Waals surface area (Å²) in [4.78, 5) is 26.6. The average Bonchev–Trinajstić information content (AvgIpc) is 2.99. The summed E-state index contributed by atoms with van der Waals surface area (Å²) in [6, 6.07) is 5.03. The molecular weight excluding hydrogens is 351 g/mol. The number of piperidine rings is 2. The average molecular weight is 376 g/mol. The van der Waals surface area contributed by atoms with Gasteiger partial charge in [0.15, 0.2) is 0 Å². The number of amides is 2. The van der Waals surface area contributed by atoms with Crippen molar-refractivity contribution < 1.29 is 18.7 Å². The van der Waals surface area contributed by atoms with Crippen molar-refractivity contribution >= 4 is 23.4 Å². The van der Waals surface area contributed by atoms with Gasteiger partial charge in [0.05, 0.1) is 24.5 Å². The fraction of sp³-hybridized carbons (Fsp3) is 0.579. The summed E-state index contributed by atoms with van der Waals surface area (Å²) >= 11 is 0. The van der Waals surface area contributed by atoms with Gasteiger partial charge < -0.3 is 20.7 Å². The van der Waals surface area contributed by atoms with Gasteiger partial charge in [-0.3, -0.25) is 9.69 Å². The molecule has 146 valence electrons. The maximum Gasteiger partial charge on any atom is 0.414 e. The number of nitrogens with one attached hydrogen (secondary N) is 1. The second-order valence-corrected chi connectivity index (χ2v) is 8.21. The zero-order valence-corrected chi connectivity index (χ0v) is 15.6. The summed E-state index contributed by atoms with van der Waals surface area (Å²) in [5.74, 6) is -0.136. The lowest BCUT2D eigenvalue weighted by atomic mass is 9.56. The van der Waals surface area contributed by atoms with E-state index in [0.717, 1.165) is 19.5 Å². The number of nitrogens with zero attached hydrogens (tertiary/aromatic N) is 2. The van der Waals surface area contributed by atoms with Gasteiger partial charge in [-0.25, -0.2) is 9.18 Å². The first-order valence-corrected chi connectivity index (χ1v) is 9.29. The maximum absolute atomic E-state index is 14.8. The summed E-state index contributed by atoms with van der Waals surface area (Å²) in [7, 11) is 0. The number of rotatable bonds is 4. The van der Waals surface area contributed by atoms with Gasteiger partial charge in [0.25, 0.3) is 0 Å². The molecule has 0 spiro atoms. The van der Waals surface area contributed by atoms with Crippen molar-refractivity contribution in [2.24, 2.45) is 17.1 Å². The molecule has 1 aliphatic carbocycles. The molecule has 1 aromatic carbocycles. The third-order valence-electron chi connectivity index (χ3n) is 6.08. The highest BCUT2D eigenvalue weighted by atomic mass is 19.1. The van der Waals surface area contributed by atoms with Crippen LogP contribution in [0.15, 0.2) is 18.2 Å². The molecular formula is C19H25FN4O3. The SMILES string of the molecule is CC(=O)NC[C@H]1CN(c2ccc(N3CC4CC(C)(C3)C4N)c(F)c2)C(=O)O1. The monoisotopic (exact) mass is 376 g/mol. The first kappa shape index (κ1) is 18.0. The summed E-state index contributed by atoms with van der Waals surface area (Å²) in [6.07, 6.45) is 0.120. The molecule has 27 heavy (non-hydrogen) atoms. The number of carbonyl (C=O) groups is 2. The zero-order valence-electron chi connectivity index (χ0n) is 15.6. The second-order valence-electron chi connectivity index (χ2n) is 8.21. The highest BCUT2D eigenvalue weighted by molar-refractivity contribution is 5.90. The second kappa shape index (κ2) is 6.37. The van der Waals surface area contributed by atoms with Crippen LogP contribution in [0, 0.1) is 17.2 Å². The lowest BCUT2D eigenvalue weighted by Crippen LogP contribution is -2.68. The lowest BCUT2D eigenvalue weighted by molar-refractivity contribution is -0.119. The van der Waals surface area contributed by atoms with Crippen LogP contribution >= 0.6 is 0 Å². The molecule has 1 aromatic rings. The Kier molecular flexibility index (Phi) is 4.25. The Morgan fingerprint density at radius 2 is 2.22 bits per heavy atom. The van der Waals surface area contributed by atoms with E-state index in [0.29, 0.717) is 17.3 Å². The largest absolute Gasteiger partial charge is 0.442 e. The highest BCUT2D eigenvalue weighted by Gasteiger charge is 2.53. The van der Waals surface area contributed by atoms with E-state index in [1.807, 2.05) is 0 Å². The minimum atomic E-state index is -0.532. The molecule has 4 aliphatic rings. The minimum Gasteiger partial charge on any atom is -0.442 e. The Hall–Kier alpha value is -2.35. The molecule has 2 bridgehead atoms. The van der Waals surface area contributed by atoms with Crippen molar-refractivity contribution in [1.82, 2.24) is 5.32 Å².